The van der Waals surface area contributed by atoms with Gasteiger partial charge in [-0.25, -0.2) is 0 Å². The zero-order chi connectivity index (χ0) is 12.5. The molecular weight excluding hydrogens is 238 g/mol. The van der Waals surface area contributed by atoms with Crippen LogP contribution in [0.15, 0.2) is 0 Å². The Kier molecular flexibility index (Phi) is 8.01. The van der Waals surface area contributed by atoms with Crippen molar-refractivity contribution >= 4 is 10.8 Å². The van der Waals surface area contributed by atoms with E-state index >= 15 is 0 Å². The van der Waals surface area contributed by atoms with Gasteiger partial charge in [0, 0.05) is 29.4 Å². The average molecular weight is 263 g/mol. The largest absolute Gasteiger partial charge is 0.389 e. The Morgan fingerprint density at radius 1 is 1.47 bits per heavy atom. The topological polar surface area (TPSA) is 58.6 Å². The fourth-order valence-electron chi connectivity index (χ4n) is 2.03. The van der Waals surface area contributed by atoms with Crippen LogP contribution < -0.4 is 5.32 Å². The number of aliphatic hydroxyl groups is 1. The van der Waals surface area contributed by atoms with Crippen LogP contribution in [0.4, 0.5) is 0 Å². The van der Waals surface area contributed by atoms with Crippen LogP contribution in [0.3, 0.4) is 0 Å². The fraction of sp³-hybridized carbons (Fsp3) is 1.00. The molecule has 102 valence electrons. The summed E-state index contributed by atoms with van der Waals surface area (Å²) in [7, 11) is -0.712. The zero-order valence-corrected chi connectivity index (χ0v) is 11.5. The van der Waals surface area contributed by atoms with Crippen LogP contribution in [0.25, 0.3) is 0 Å². The first-order chi connectivity index (χ1) is 8.18. The second-order valence-corrected chi connectivity index (χ2v) is 6.28. The van der Waals surface area contributed by atoms with E-state index < -0.39 is 16.9 Å². The molecule has 17 heavy (non-hydrogen) atoms. The molecule has 2 unspecified atom stereocenters. The third-order valence-electron chi connectivity index (χ3n) is 2.99. The molecule has 0 amide bonds. The van der Waals surface area contributed by atoms with Crippen LogP contribution >= 0.6 is 0 Å². The lowest BCUT2D eigenvalue weighted by Crippen LogP contribution is -2.32. The van der Waals surface area contributed by atoms with Crippen molar-refractivity contribution in [1.82, 2.24) is 5.32 Å². The van der Waals surface area contributed by atoms with Gasteiger partial charge in [0.25, 0.3) is 0 Å². The van der Waals surface area contributed by atoms with E-state index in [0.29, 0.717) is 19.3 Å². The van der Waals surface area contributed by atoms with Gasteiger partial charge in [-0.05, 0) is 25.8 Å². The summed E-state index contributed by atoms with van der Waals surface area (Å²) in [5, 5.41) is 12.8. The lowest BCUT2D eigenvalue weighted by Gasteiger charge is -2.15. The Bertz CT molecular complexity index is 220. The Labute approximate surface area is 107 Å². The molecule has 0 aromatic rings. The van der Waals surface area contributed by atoms with Crippen molar-refractivity contribution in [3.8, 4) is 0 Å². The highest BCUT2D eigenvalue weighted by atomic mass is 32.2. The van der Waals surface area contributed by atoms with Crippen molar-refractivity contribution in [1.29, 1.82) is 0 Å². The molecular formula is C12H25NO3S. The molecule has 0 spiro atoms. The van der Waals surface area contributed by atoms with Crippen LogP contribution in [0.2, 0.25) is 0 Å². The smallest absolute Gasteiger partial charge is 0.0897 e. The summed E-state index contributed by atoms with van der Waals surface area (Å²) in [5.74, 6) is 0.724. The summed E-state index contributed by atoms with van der Waals surface area (Å²) in [5.41, 5.74) is 0. The number of aliphatic hydroxyl groups excluding tert-OH is 1. The average Bonchev–Trinajstić information content (AvgIpc) is 2.78. The van der Waals surface area contributed by atoms with Gasteiger partial charge >= 0.3 is 0 Å². The van der Waals surface area contributed by atoms with E-state index in [4.69, 9.17) is 4.74 Å². The first-order valence-electron chi connectivity index (χ1n) is 6.49. The number of nitrogens with one attached hydrogen (secondary N) is 1. The zero-order valence-electron chi connectivity index (χ0n) is 10.7. The van der Waals surface area contributed by atoms with Gasteiger partial charge in [-0.1, -0.05) is 12.8 Å². The van der Waals surface area contributed by atoms with Gasteiger partial charge in [0.2, 0.25) is 0 Å². The summed E-state index contributed by atoms with van der Waals surface area (Å²) < 4.78 is 16.4. The molecule has 1 rings (SSSR count). The van der Waals surface area contributed by atoms with Crippen LogP contribution in [0.1, 0.15) is 32.1 Å². The molecule has 2 N–H and O–H groups in total. The normalized spacial score (nSPS) is 20.6. The fourth-order valence-corrected chi connectivity index (χ4v) is 2.58. The number of hydrogen-bond acceptors (Lipinski definition) is 4. The Morgan fingerprint density at radius 3 is 2.82 bits per heavy atom. The predicted octanol–water partition coefficient (Wildman–Crippen LogP) is 0.665. The van der Waals surface area contributed by atoms with Crippen molar-refractivity contribution in [2.24, 2.45) is 0 Å². The van der Waals surface area contributed by atoms with Gasteiger partial charge < -0.3 is 15.2 Å². The van der Waals surface area contributed by atoms with Gasteiger partial charge in [0.15, 0.2) is 0 Å². The van der Waals surface area contributed by atoms with Crippen LogP contribution in [-0.2, 0) is 15.5 Å². The lowest BCUT2D eigenvalue weighted by molar-refractivity contribution is -0.00532. The molecule has 0 radical (unpaired) electrons. The van der Waals surface area contributed by atoms with Gasteiger partial charge in [0.1, 0.15) is 0 Å². The van der Waals surface area contributed by atoms with E-state index in [1.54, 1.807) is 6.26 Å². The van der Waals surface area contributed by atoms with E-state index in [9.17, 15) is 9.32 Å². The van der Waals surface area contributed by atoms with E-state index in [1.807, 2.05) is 0 Å². The van der Waals surface area contributed by atoms with E-state index in [-0.39, 0.29) is 0 Å². The van der Waals surface area contributed by atoms with Crippen molar-refractivity contribution in [2.75, 3.05) is 31.7 Å². The van der Waals surface area contributed by atoms with Gasteiger partial charge in [0.05, 0.1) is 18.8 Å². The summed E-state index contributed by atoms with van der Waals surface area (Å²) in [6.07, 6.45) is 7.34. The molecule has 5 heteroatoms. The molecule has 0 bridgehead atoms. The molecule has 0 aromatic heterocycles. The van der Waals surface area contributed by atoms with E-state index in [2.05, 4.69) is 5.32 Å². The molecule has 0 saturated heterocycles. The van der Waals surface area contributed by atoms with Crippen LogP contribution in [0.5, 0.6) is 0 Å². The highest BCUT2D eigenvalue weighted by Gasteiger charge is 2.16. The number of ether oxygens (including phenoxy) is 1. The summed E-state index contributed by atoms with van der Waals surface area (Å²) in [6, 6.07) is 0. The maximum Gasteiger partial charge on any atom is 0.0897 e. The second-order valence-electron chi connectivity index (χ2n) is 4.73. The van der Waals surface area contributed by atoms with Gasteiger partial charge in [-0.3, -0.25) is 4.21 Å². The SMILES string of the molecule is CS(=O)CCCNCC(O)COC1CCCC1. The first-order valence-corrected chi connectivity index (χ1v) is 8.21. The molecule has 1 saturated carbocycles. The number of hydrogen-bond donors (Lipinski definition) is 2. The first kappa shape index (κ1) is 15.1. The lowest BCUT2D eigenvalue weighted by atomic mass is 10.3. The molecule has 0 heterocycles. The minimum atomic E-state index is -0.712. The molecule has 1 fully saturated rings. The molecule has 1 aliphatic carbocycles. The molecule has 4 nitrogen and oxygen atoms in total. The maximum atomic E-state index is 10.8. The van der Waals surface area contributed by atoms with E-state index in [1.165, 1.54) is 12.8 Å². The predicted molar refractivity (Wildman–Crippen MR) is 70.6 cm³/mol. The highest BCUT2D eigenvalue weighted by Crippen LogP contribution is 2.20. The Hall–Kier alpha value is 0.0300. The number of rotatable bonds is 9. The molecule has 0 aliphatic heterocycles. The summed E-state index contributed by atoms with van der Waals surface area (Å²) in [4.78, 5) is 0. The second kappa shape index (κ2) is 9.03. The standard InChI is InChI=1S/C12H25NO3S/c1-17(15)8-4-7-13-9-11(14)10-16-12-5-2-3-6-12/h11-14H,2-10H2,1H3. The van der Waals surface area contributed by atoms with Crippen LogP contribution in [-0.4, -0.2) is 53.2 Å². The molecule has 1 aliphatic rings. The monoisotopic (exact) mass is 263 g/mol. The van der Waals surface area contributed by atoms with Crippen molar-refractivity contribution in [3.05, 3.63) is 0 Å². The highest BCUT2D eigenvalue weighted by molar-refractivity contribution is 7.84. The minimum Gasteiger partial charge on any atom is -0.389 e. The summed E-state index contributed by atoms with van der Waals surface area (Å²) in [6.45, 7) is 1.79. The van der Waals surface area contributed by atoms with Crippen molar-refractivity contribution < 1.29 is 14.1 Å². The Morgan fingerprint density at radius 2 is 2.18 bits per heavy atom. The van der Waals surface area contributed by atoms with Crippen molar-refractivity contribution in [2.45, 2.75) is 44.3 Å². The van der Waals surface area contributed by atoms with Crippen LogP contribution in [0, 0.1) is 0 Å². The summed E-state index contributed by atoms with van der Waals surface area (Å²) >= 11 is 0. The Balaban J connectivity index is 1.90. The quantitative estimate of drug-likeness (QED) is 0.600. The van der Waals surface area contributed by atoms with Crippen molar-refractivity contribution in [3.63, 3.8) is 0 Å². The maximum absolute atomic E-state index is 10.8. The van der Waals surface area contributed by atoms with Gasteiger partial charge in [-0.2, -0.15) is 0 Å². The third kappa shape index (κ3) is 7.86. The minimum absolute atomic E-state index is 0.368. The molecule has 2 atom stereocenters. The van der Waals surface area contributed by atoms with E-state index in [0.717, 1.165) is 31.6 Å². The van der Waals surface area contributed by atoms with Gasteiger partial charge in [-0.15, -0.1) is 0 Å². The third-order valence-corrected chi connectivity index (χ3v) is 3.86. The molecule has 0 aromatic carbocycles.